The van der Waals surface area contributed by atoms with E-state index in [1.807, 2.05) is 18.4 Å². The van der Waals surface area contributed by atoms with Crippen LogP contribution in [0.5, 0.6) is 0 Å². The lowest BCUT2D eigenvalue weighted by atomic mass is 9.93. The highest BCUT2D eigenvalue weighted by Crippen LogP contribution is 2.38. The second-order valence-corrected chi connectivity index (χ2v) is 11.5. The molecule has 1 aromatic heterocycles. The molecule has 0 bridgehead atoms. The predicted octanol–water partition coefficient (Wildman–Crippen LogP) is 4.40. The van der Waals surface area contributed by atoms with E-state index in [2.05, 4.69) is 0 Å². The molecule has 0 fully saturated rings. The monoisotopic (exact) mass is 516 g/mol. The van der Waals surface area contributed by atoms with Gasteiger partial charge in [-0.25, -0.2) is 12.8 Å². The Morgan fingerprint density at radius 2 is 1.86 bits per heavy atom. The van der Waals surface area contributed by atoms with Crippen LogP contribution in [0.25, 0.3) is 0 Å². The summed E-state index contributed by atoms with van der Waals surface area (Å²) in [5.41, 5.74) is 2.76. The zero-order valence-electron chi connectivity index (χ0n) is 19.8. The summed E-state index contributed by atoms with van der Waals surface area (Å²) in [6.45, 7) is 2.62. The molecule has 9 heteroatoms. The van der Waals surface area contributed by atoms with E-state index in [1.54, 1.807) is 59.7 Å². The number of aryl methyl sites for hydroxylation is 1. The number of halogens is 1. The van der Waals surface area contributed by atoms with Crippen molar-refractivity contribution in [3.63, 3.8) is 0 Å². The first kappa shape index (κ1) is 25.5. The third-order valence-corrected chi connectivity index (χ3v) is 9.05. The van der Waals surface area contributed by atoms with E-state index in [0.717, 1.165) is 16.7 Å². The molecule has 1 aliphatic heterocycles. The standard InChI is InChI=1S/C26H29FN2O4S2/c1-19-4-10-22(11-5-19)35(31,32)28(14-3-16-33-2)18-25(30)29-15-12-24-23(13-17-34-24)26(29)20-6-8-21(27)9-7-20/h4-11,13,17,26H,3,12,14-16,18H2,1-2H3. The van der Waals surface area contributed by atoms with Crippen LogP contribution in [0.4, 0.5) is 4.39 Å². The summed E-state index contributed by atoms with van der Waals surface area (Å²) in [6.07, 6.45) is 1.16. The van der Waals surface area contributed by atoms with Crippen molar-refractivity contribution in [1.82, 2.24) is 9.21 Å². The molecule has 1 atom stereocenters. The molecule has 186 valence electrons. The van der Waals surface area contributed by atoms with Gasteiger partial charge in [-0.3, -0.25) is 4.79 Å². The van der Waals surface area contributed by atoms with Gasteiger partial charge in [0.05, 0.1) is 17.5 Å². The van der Waals surface area contributed by atoms with Gasteiger partial charge in [0, 0.05) is 31.7 Å². The van der Waals surface area contributed by atoms with Gasteiger partial charge in [-0.15, -0.1) is 11.3 Å². The first-order chi connectivity index (χ1) is 16.8. The summed E-state index contributed by atoms with van der Waals surface area (Å²) in [4.78, 5) is 16.7. The van der Waals surface area contributed by atoms with Gasteiger partial charge in [-0.1, -0.05) is 29.8 Å². The third-order valence-electron chi connectivity index (χ3n) is 6.20. The lowest BCUT2D eigenvalue weighted by Crippen LogP contribution is -2.47. The van der Waals surface area contributed by atoms with Gasteiger partial charge in [-0.05, 0) is 66.6 Å². The van der Waals surface area contributed by atoms with Crippen LogP contribution in [0.15, 0.2) is 64.9 Å². The van der Waals surface area contributed by atoms with Crippen LogP contribution >= 0.6 is 11.3 Å². The number of carbonyl (C=O) groups is 1. The number of hydrogen-bond acceptors (Lipinski definition) is 5. The third kappa shape index (κ3) is 5.64. The first-order valence-electron chi connectivity index (χ1n) is 11.5. The fraction of sp³-hybridized carbons (Fsp3) is 0.346. The highest BCUT2D eigenvalue weighted by atomic mass is 32.2. The van der Waals surface area contributed by atoms with E-state index in [1.165, 1.54) is 21.3 Å². The van der Waals surface area contributed by atoms with E-state index in [-0.39, 0.29) is 35.8 Å². The van der Waals surface area contributed by atoms with Crippen LogP contribution in [-0.4, -0.2) is 56.9 Å². The molecule has 2 heterocycles. The van der Waals surface area contributed by atoms with Crippen LogP contribution < -0.4 is 0 Å². The van der Waals surface area contributed by atoms with Crippen LogP contribution in [0, 0.1) is 12.7 Å². The minimum Gasteiger partial charge on any atom is -0.385 e. The Morgan fingerprint density at radius 3 is 2.54 bits per heavy atom. The zero-order valence-corrected chi connectivity index (χ0v) is 21.4. The molecule has 0 N–H and O–H groups in total. The van der Waals surface area contributed by atoms with Crippen molar-refractivity contribution < 1.29 is 22.3 Å². The minimum atomic E-state index is -3.89. The van der Waals surface area contributed by atoms with Crippen molar-refractivity contribution >= 4 is 27.3 Å². The van der Waals surface area contributed by atoms with Gasteiger partial charge in [0.15, 0.2) is 0 Å². The van der Waals surface area contributed by atoms with Crippen molar-refractivity contribution in [2.24, 2.45) is 0 Å². The second kappa shape index (κ2) is 11.0. The Bertz CT molecular complexity index is 1260. The smallest absolute Gasteiger partial charge is 0.243 e. The van der Waals surface area contributed by atoms with Gasteiger partial charge < -0.3 is 9.64 Å². The second-order valence-electron chi connectivity index (χ2n) is 8.59. The average Bonchev–Trinajstić information content (AvgIpc) is 3.33. The maximum absolute atomic E-state index is 13.7. The summed E-state index contributed by atoms with van der Waals surface area (Å²) in [7, 11) is -2.33. The molecule has 1 aliphatic rings. The molecule has 1 unspecified atom stereocenters. The minimum absolute atomic E-state index is 0.155. The molecule has 0 saturated heterocycles. The molecule has 0 saturated carbocycles. The Labute approximate surface area is 210 Å². The number of carbonyl (C=O) groups excluding carboxylic acids is 1. The van der Waals surface area contributed by atoms with Gasteiger partial charge in [0.1, 0.15) is 5.82 Å². The topological polar surface area (TPSA) is 66.9 Å². The Hall–Kier alpha value is -2.59. The molecule has 2 aromatic carbocycles. The lowest BCUT2D eigenvalue weighted by Gasteiger charge is -2.37. The van der Waals surface area contributed by atoms with E-state index in [0.29, 0.717) is 26.0 Å². The molecule has 0 aliphatic carbocycles. The number of thiophene rings is 1. The molecule has 0 spiro atoms. The number of fused-ring (bicyclic) bond motifs is 1. The van der Waals surface area contributed by atoms with Crippen LogP contribution in [-0.2, 0) is 26.0 Å². The highest BCUT2D eigenvalue weighted by Gasteiger charge is 2.35. The van der Waals surface area contributed by atoms with E-state index in [4.69, 9.17) is 4.74 Å². The molecule has 35 heavy (non-hydrogen) atoms. The number of nitrogens with zero attached hydrogens (tertiary/aromatic N) is 2. The summed E-state index contributed by atoms with van der Waals surface area (Å²) in [5, 5.41) is 1.99. The largest absolute Gasteiger partial charge is 0.385 e. The van der Waals surface area contributed by atoms with Gasteiger partial charge >= 0.3 is 0 Å². The fourth-order valence-corrected chi connectivity index (χ4v) is 6.69. The van der Waals surface area contributed by atoms with Crippen LogP contribution in [0.3, 0.4) is 0 Å². The van der Waals surface area contributed by atoms with Gasteiger partial charge in [0.2, 0.25) is 15.9 Å². The quantitative estimate of drug-likeness (QED) is 0.396. The molecule has 4 rings (SSSR count). The number of benzene rings is 2. The SMILES string of the molecule is COCCCN(CC(=O)N1CCc2sccc2C1c1ccc(F)cc1)S(=O)(=O)c1ccc(C)cc1. The Kier molecular flexibility index (Phi) is 8.01. The molecule has 1 amide bonds. The lowest BCUT2D eigenvalue weighted by molar-refractivity contribution is -0.133. The van der Waals surface area contributed by atoms with E-state index < -0.39 is 10.0 Å². The maximum atomic E-state index is 13.7. The average molecular weight is 517 g/mol. The van der Waals surface area contributed by atoms with E-state index >= 15 is 0 Å². The van der Waals surface area contributed by atoms with E-state index in [9.17, 15) is 17.6 Å². The predicted molar refractivity (Wildman–Crippen MR) is 134 cm³/mol. The molecular weight excluding hydrogens is 487 g/mol. The summed E-state index contributed by atoms with van der Waals surface area (Å²) >= 11 is 1.64. The highest BCUT2D eigenvalue weighted by molar-refractivity contribution is 7.89. The van der Waals surface area contributed by atoms with Crippen molar-refractivity contribution in [2.45, 2.75) is 30.7 Å². The Morgan fingerprint density at radius 1 is 1.14 bits per heavy atom. The normalized spacial score (nSPS) is 15.9. The van der Waals surface area contributed by atoms with Crippen molar-refractivity contribution in [2.75, 3.05) is 33.4 Å². The number of ether oxygens (including phenoxy) is 1. The molecule has 3 aromatic rings. The van der Waals surface area contributed by atoms with Crippen molar-refractivity contribution in [3.8, 4) is 0 Å². The summed E-state index contributed by atoms with van der Waals surface area (Å²) < 4.78 is 46.9. The molecular formula is C26H29FN2O4S2. The number of amides is 1. The van der Waals surface area contributed by atoms with Crippen molar-refractivity contribution in [1.29, 1.82) is 0 Å². The number of sulfonamides is 1. The Balaban J connectivity index is 1.64. The van der Waals surface area contributed by atoms with Gasteiger partial charge in [0.25, 0.3) is 0 Å². The number of methoxy groups -OCH3 is 1. The van der Waals surface area contributed by atoms with Crippen LogP contribution in [0.1, 0.15) is 34.0 Å². The summed E-state index contributed by atoms with van der Waals surface area (Å²) in [6, 6.07) is 14.4. The van der Waals surface area contributed by atoms with Crippen molar-refractivity contribution in [3.05, 3.63) is 87.4 Å². The van der Waals surface area contributed by atoms with Gasteiger partial charge in [-0.2, -0.15) is 4.31 Å². The zero-order chi connectivity index (χ0) is 25.0. The first-order valence-corrected chi connectivity index (χ1v) is 13.8. The number of hydrogen-bond donors (Lipinski definition) is 0. The fourth-order valence-electron chi connectivity index (χ4n) is 4.36. The molecule has 6 nitrogen and oxygen atoms in total. The molecule has 0 radical (unpaired) electrons. The maximum Gasteiger partial charge on any atom is 0.243 e. The number of rotatable bonds is 9. The summed E-state index contributed by atoms with van der Waals surface area (Å²) in [5.74, 6) is -0.634. The van der Waals surface area contributed by atoms with Crippen LogP contribution in [0.2, 0.25) is 0 Å².